The molecule has 3 rings (SSSR count). The number of hydrogen-bond acceptors (Lipinski definition) is 4. The number of fused-ring (bicyclic) bond motifs is 1. The summed E-state index contributed by atoms with van der Waals surface area (Å²) in [7, 11) is -3.32. The molecule has 2 atom stereocenters. The summed E-state index contributed by atoms with van der Waals surface area (Å²) < 4.78 is 32.2. The lowest BCUT2D eigenvalue weighted by molar-refractivity contribution is 0.126. The average Bonchev–Trinajstić information content (AvgIpc) is 2.95. The fraction of sp³-hybridized carbons (Fsp3) is 0.583. The molecule has 3 heterocycles. The number of sulfonamides is 1. The number of anilines is 1. The van der Waals surface area contributed by atoms with Gasteiger partial charge in [0.05, 0.1) is 11.8 Å². The lowest BCUT2D eigenvalue weighted by Gasteiger charge is -2.25. The van der Waals surface area contributed by atoms with Crippen LogP contribution in [-0.4, -0.2) is 37.9 Å². The van der Waals surface area contributed by atoms with Gasteiger partial charge in [-0.1, -0.05) is 0 Å². The fourth-order valence-electron chi connectivity index (χ4n) is 2.73. The maximum atomic E-state index is 12.6. The molecule has 1 fully saturated rings. The lowest BCUT2D eigenvalue weighted by Crippen LogP contribution is -2.40. The second-order valence-corrected chi connectivity index (χ2v) is 6.85. The van der Waals surface area contributed by atoms with Gasteiger partial charge in [-0.2, -0.15) is 0 Å². The van der Waals surface area contributed by atoms with Gasteiger partial charge in [0.25, 0.3) is 0 Å². The van der Waals surface area contributed by atoms with E-state index in [0.717, 1.165) is 17.7 Å². The molecule has 0 radical (unpaired) electrons. The van der Waals surface area contributed by atoms with Crippen LogP contribution in [0.15, 0.2) is 18.5 Å². The first-order chi connectivity index (χ1) is 8.60. The Hall–Kier alpha value is -1.14. The van der Waals surface area contributed by atoms with Crippen LogP contribution in [-0.2, 0) is 21.2 Å². The molecule has 6 heteroatoms. The van der Waals surface area contributed by atoms with Crippen molar-refractivity contribution >= 4 is 15.7 Å². The Bertz CT molecular complexity index is 558. The van der Waals surface area contributed by atoms with Crippen molar-refractivity contribution < 1.29 is 13.2 Å². The van der Waals surface area contributed by atoms with Gasteiger partial charge in [0.1, 0.15) is 5.25 Å². The van der Waals surface area contributed by atoms with Crippen molar-refractivity contribution in [2.45, 2.75) is 31.1 Å². The minimum atomic E-state index is -3.32. The number of pyridine rings is 1. The molecule has 0 amide bonds. The fourth-order valence-corrected chi connectivity index (χ4v) is 4.81. The van der Waals surface area contributed by atoms with Crippen molar-refractivity contribution in [3.05, 3.63) is 24.0 Å². The molecule has 0 spiro atoms. The van der Waals surface area contributed by atoms with E-state index in [4.69, 9.17) is 4.74 Å². The zero-order valence-corrected chi connectivity index (χ0v) is 11.1. The number of aromatic nitrogens is 1. The van der Waals surface area contributed by atoms with Crippen molar-refractivity contribution in [3.8, 4) is 0 Å². The molecule has 2 aliphatic heterocycles. The molecule has 0 aromatic carbocycles. The summed E-state index contributed by atoms with van der Waals surface area (Å²) in [5, 5.41) is -0.420. The Kier molecular flexibility index (Phi) is 2.79. The van der Waals surface area contributed by atoms with Crippen LogP contribution in [0, 0.1) is 0 Å². The van der Waals surface area contributed by atoms with Crippen LogP contribution in [0.5, 0.6) is 0 Å². The van der Waals surface area contributed by atoms with Crippen molar-refractivity contribution in [2.75, 3.05) is 17.5 Å². The molecule has 2 unspecified atom stereocenters. The van der Waals surface area contributed by atoms with Gasteiger partial charge in [-0.25, -0.2) is 8.42 Å². The summed E-state index contributed by atoms with van der Waals surface area (Å²) in [4.78, 5) is 4.04. The summed E-state index contributed by atoms with van der Waals surface area (Å²) in [5.41, 5.74) is 1.79. The van der Waals surface area contributed by atoms with Crippen LogP contribution in [0.3, 0.4) is 0 Å². The zero-order valence-electron chi connectivity index (χ0n) is 10.2. The summed E-state index contributed by atoms with van der Waals surface area (Å²) in [5.74, 6) is 0. The molecule has 2 aliphatic rings. The van der Waals surface area contributed by atoms with E-state index in [1.54, 1.807) is 18.5 Å². The third kappa shape index (κ3) is 1.71. The highest BCUT2D eigenvalue weighted by Crippen LogP contribution is 2.33. The number of rotatable bonds is 2. The van der Waals surface area contributed by atoms with Crippen LogP contribution in [0.2, 0.25) is 0 Å². The second-order valence-electron chi connectivity index (χ2n) is 4.77. The smallest absolute Gasteiger partial charge is 0.240 e. The van der Waals surface area contributed by atoms with Gasteiger partial charge >= 0.3 is 0 Å². The molecular weight excluding hydrogens is 252 g/mol. The average molecular weight is 268 g/mol. The normalized spacial score (nSPS) is 27.5. The van der Waals surface area contributed by atoms with E-state index in [1.807, 2.05) is 6.92 Å². The zero-order chi connectivity index (χ0) is 12.8. The minimum absolute atomic E-state index is 0.221. The maximum absolute atomic E-state index is 12.6. The molecule has 1 saturated heterocycles. The number of nitrogens with zero attached hydrogens (tertiary/aromatic N) is 2. The predicted molar refractivity (Wildman–Crippen MR) is 68.0 cm³/mol. The summed E-state index contributed by atoms with van der Waals surface area (Å²) >= 11 is 0. The van der Waals surface area contributed by atoms with Gasteiger partial charge in [0.2, 0.25) is 10.0 Å². The molecule has 5 nitrogen and oxygen atoms in total. The highest BCUT2D eigenvalue weighted by molar-refractivity contribution is 7.93. The van der Waals surface area contributed by atoms with Gasteiger partial charge in [-0.3, -0.25) is 9.29 Å². The monoisotopic (exact) mass is 268 g/mol. The van der Waals surface area contributed by atoms with Gasteiger partial charge in [0, 0.05) is 25.5 Å². The van der Waals surface area contributed by atoms with E-state index in [0.29, 0.717) is 19.6 Å². The molecule has 98 valence electrons. The molecule has 0 bridgehead atoms. The predicted octanol–water partition coefficient (Wildman–Crippen LogP) is 0.951. The van der Waals surface area contributed by atoms with Crippen molar-refractivity contribution in [1.29, 1.82) is 0 Å². The minimum Gasteiger partial charge on any atom is -0.377 e. The standard InChI is InChI=1S/C12H16N2O3S/c1-9-12(4-7-17-9)18(15,16)14-6-3-10-8-13-5-2-11(10)14/h2,5,8-9,12H,3-4,6-7H2,1H3. The van der Waals surface area contributed by atoms with Crippen molar-refractivity contribution in [3.63, 3.8) is 0 Å². The van der Waals surface area contributed by atoms with E-state index in [1.165, 1.54) is 4.31 Å². The third-order valence-corrected chi connectivity index (χ3v) is 6.11. The van der Waals surface area contributed by atoms with Crippen LogP contribution in [0.1, 0.15) is 18.9 Å². The molecule has 1 aromatic rings. The Morgan fingerprint density at radius 3 is 3.06 bits per heavy atom. The SMILES string of the molecule is CC1OCCC1S(=O)(=O)N1CCc2cnccc21. The van der Waals surface area contributed by atoms with Gasteiger partial charge < -0.3 is 4.74 Å². The summed E-state index contributed by atoms with van der Waals surface area (Å²) in [6.45, 7) is 2.88. The molecule has 0 N–H and O–H groups in total. The molecule has 0 aliphatic carbocycles. The van der Waals surface area contributed by atoms with Gasteiger partial charge in [0.15, 0.2) is 0 Å². The van der Waals surface area contributed by atoms with E-state index in [9.17, 15) is 8.42 Å². The molecule has 0 saturated carbocycles. The Labute approximate surface area is 107 Å². The maximum Gasteiger partial charge on any atom is 0.240 e. The molecular formula is C12H16N2O3S. The first-order valence-electron chi connectivity index (χ1n) is 6.17. The third-order valence-electron chi connectivity index (χ3n) is 3.73. The topological polar surface area (TPSA) is 59.5 Å². The lowest BCUT2D eigenvalue weighted by atomic mass is 10.2. The summed E-state index contributed by atoms with van der Waals surface area (Å²) in [6, 6.07) is 1.78. The van der Waals surface area contributed by atoms with E-state index in [-0.39, 0.29) is 6.10 Å². The largest absolute Gasteiger partial charge is 0.377 e. The van der Waals surface area contributed by atoms with E-state index >= 15 is 0 Å². The highest BCUT2D eigenvalue weighted by Gasteiger charge is 2.41. The Balaban J connectivity index is 1.97. The second kappa shape index (κ2) is 4.20. The van der Waals surface area contributed by atoms with E-state index in [2.05, 4.69) is 4.98 Å². The molecule has 1 aromatic heterocycles. The van der Waals surface area contributed by atoms with Crippen LogP contribution < -0.4 is 4.31 Å². The van der Waals surface area contributed by atoms with E-state index < -0.39 is 15.3 Å². The number of hydrogen-bond donors (Lipinski definition) is 0. The number of ether oxygens (including phenoxy) is 1. The van der Waals surface area contributed by atoms with Crippen LogP contribution >= 0.6 is 0 Å². The van der Waals surface area contributed by atoms with Crippen LogP contribution in [0.25, 0.3) is 0 Å². The van der Waals surface area contributed by atoms with Crippen molar-refractivity contribution in [2.24, 2.45) is 0 Å². The highest BCUT2D eigenvalue weighted by atomic mass is 32.2. The van der Waals surface area contributed by atoms with Gasteiger partial charge in [-0.15, -0.1) is 0 Å². The van der Waals surface area contributed by atoms with Gasteiger partial charge in [-0.05, 0) is 31.4 Å². The first-order valence-corrected chi connectivity index (χ1v) is 7.67. The quantitative estimate of drug-likeness (QED) is 0.801. The Morgan fingerprint density at radius 1 is 1.50 bits per heavy atom. The van der Waals surface area contributed by atoms with Crippen molar-refractivity contribution in [1.82, 2.24) is 4.98 Å². The molecule has 18 heavy (non-hydrogen) atoms. The Morgan fingerprint density at radius 2 is 2.33 bits per heavy atom. The van der Waals surface area contributed by atoms with Crippen LogP contribution in [0.4, 0.5) is 5.69 Å². The summed E-state index contributed by atoms with van der Waals surface area (Å²) in [6.07, 6.45) is 4.49. The first kappa shape index (κ1) is 11.9.